The fourth-order valence-electron chi connectivity index (χ4n) is 2.68. The zero-order valence-corrected chi connectivity index (χ0v) is 14.0. The number of benzene rings is 2. The van der Waals surface area contributed by atoms with Gasteiger partial charge in [0.2, 0.25) is 0 Å². The van der Waals surface area contributed by atoms with Crippen molar-refractivity contribution >= 4 is 35.3 Å². The van der Waals surface area contributed by atoms with Crippen LogP contribution in [0.25, 0.3) is 10.8 Å². The van der Waals surface area contributed by atoms with Crippen molar-refractivity contribution in [1.82, 2.24) is 5.32 Å². The minimum Gasteiger partial charge on any atom is -0.480 e. The molecular formula is C18H21NO3S. The number of amides is 1. The van der Waals surface area contributed by atoms with E-state index in [1.54, 1.807) is 0 Å². The molecule has 2 aromatic carbocycles. The fraction of sp³-hybridized carbons (Fsp3) is 0.333. The Morgan fingerprint density at radius 2 is 1.96 bits per heavy atom. The molecule has 2 aromatic rings. The maximum absolute atomic E-state index is 12.7. The molecular weight excluding hydrogens is 310 g/mol. The number of carboxylic acids is 1. The number of hydrogen-bond donors (Lipinski definition) is 3. The maximum Gasteiger partial charge on any atom is 0.326 e. The molecule has 1 atom stereocenters. The molecule has 0 saturated heterocycles. The highest BCUT2D eigenvalue weighted by Crippen LogP contribution is 2.24. The average molecular weight is 331 g/mol. The first-order valence-corrected chi connectivity index (χ1v) is 8.36. The van der Waals surface area contributed by atoms with Gasteiger partial charge < -0.3 is 10.4 Å². The van der Waals surface area contributed by atoms with Crippen molar-refractivity contribution in [1.29, 1.82) is 0 Å². The molecule has 0 fully saturated rings. The molecule has 0 aliphatic heterocycles. The lowest BCUT2D eigenvalue weighted by Gasteiger charge is -2.17. The van der Waals surface area contributed by atoms with Crippen LogP contribution in [-0.4, -0.2) is 28.8 Å². The van der Waals surface area contributed by atoms with Crippen LogP contribution in [0.3, 0.4) is 0 Å². The lowest BCUT2D eigenvalue weighted by Crippen LogP contribution is -2.41. The van der Waals surface area contributed by atoms with Crippen molar-refractivity contribution in [3.63, 3.8) is 0 Å². The molecule has 4 nitrogen and oxygen atoms in total. The van der Waals surface area contributed by atoms with Gasteiger partial charge in [0, 0.05) is 0 Å². The van der Waals surface area contributed by atoms with Crippen LogP contribution in [-0.2, 0) is 11.2 Å². The summed E-state index contributed by atoms with van der Waals surface area (Å²) in [4.78, 5) is 24.0. The van der Waals surface area contributed by atoms with Gasteiger partial charge >= 0.3 is 5.97 Å². The minimum atomic E-state index is -1.04. The summed E-state index contributed by atoms with van der Waals surface area (Å²) in [7, 11) is 0. The second-order valence-electron chi connectivity index (χ2n) is 5.45. The Hall–Kier alpha value is -2.01. The van der Waals surface area contributed by atoms with E-state index in [0.29, 0.717) is 11.3 Å². The highest BCUT2D eigenvalue weighted by molar-refractivity contribution is 7.80. The van der Waals surface area contributed by atoms with E-state index in [2.05, 4.69) is 24.9 Å². The molecule has 0 aliphatic rings. The van der Waals surface area contributed by atoms with Crippen molar-refractivity contribution in [2.75, 3.05) is 5.75 Å². The predicted octanol–water partition coefficient (Wildman–Crippen LogP) is 3.30. The highest BCUT2D eigenvalue weighted by Gasteiger charge is 2.22. The summed E-state index contributed by atoms with van der Waals surface area (Å²) < 4.78 is 0. The number of aliphatic carboxylic acids is 1. The third-order valence-corrected chi connectivity index (χ3v) is 4.04. The molecule has 2 N–H and O–H groups in total. The summed E-state index contributed by atoms with van der Waals surface area (Å²) in [5.41, 5.74) is 1.52. The van der Waals surface area contributed by atoms with E-state index in [1.165, 1.54) is 0 Å². The van der Waals surface area contributed by atoms with E-state index in [4.69, 9.17) is 0 Å². The van der Waals surface area contributed by atoms with Gasteiger partial charge in [-0.25, -0.2) is 4.79 Å². The van der Waals surface area contributed by atoms with Gasteiger partial charge in [-0.05, 0) is 34.9 Å². The first kappa shape index (κ1) is 17.3. The van der Waals surface area contributed by atoms with E-state index in [1.807, 2.05) is 36.4 Å². The average Bonchev–Trinajstić information content (AvgIpc) is 2.54. The van der Waals surface area contributed by atoms with Crippen molar-refractivity contribution in [3.8, 4) is 0 Å². The van der Waals surface area contributed by atoms with Gasteiger partial charge in [0.05, 0.1) is 5.56 Å². The van der Waals surface area contributed by atoms with Crippen LogP contribution in [0, 0.1) is 0 Å². The molecule has 1 amide bonds. The molecule has 5 heteroatoms. The predicted molar refractivity (Wildman–Crippen MR) is 95.3 cm³/mol. The van der Waals surface area contributed by atoms with Crippen LogP contribution in [0.4, 0.5) is 0 Å². The van der Waals surface area contributed by atoms with Gasteiger partial charge in [0.25, 0.3) is 5.91 Å². The minimum absolute atomic E-state index is 0.290. The molecule has 0 aliphatic carbocycles. The Kier molecular flexibility index (Phi) is 6.04. The quantitative estimate of drug-likeness (QED) is 0.682. The maximum atomic E-state index is 12.7. The molecule has 2 rings (SSSR count). The molecule has 0 heterocycles. The molecule has 0 unspecified atom stereocenters. The zero-order chi connectivity index (χ0) is 16.8. The topological polar surface area (TPSA) is 66.4 Å². The first-order valence-electron chi connectivity index (χ1n) is 7.73. The van der Waals surface area contributed by atoms with Gasteiger partial charge in [0.15, 0.2) is 0 Å². The third-order valence-electron chi connectivity index (χ3n) is 3.78. The summed E-state index contributed by atoms with van der Waals surface area (Å²) in [5, 5.41) is 13.7. The number of hydrogen-bond acceptors (Lipinski definition) is 3. The van der Waals surface area contributed by atoms with Crippen LogP contribution >= 0.6 is 12.6 Å². The third kappa shape index (κ3) is 4.05. The number of rotatable bonds is 7. The van der Waals surface area contributed by atoms with Crippen LogP contribution < -0.4 is 5.32 Å². The molecule has 0 radical (unpaired) electrons. The van der Waals surface area contributed by atoms with Crippen molar-refractivity contribution in [2.24, 2.45) is 0 Å². The molecule has 122 valence electrons. The van der Waals surface area contributed by atoms with Crippen molar-refractivity contribution in [2.45, 2.75) is 32.2 Å². The highest BCUT2D eigenvalue weighted by atomic mass is 32.1. The summed E-state index contributed by atoms with van der Waals surface area (Å²) in [6.07, 6.45) is 1.98. The van der Waals surface area contributed by atoms with Gasteiger partial charge in [-0.15, -0.1) is 0 Å². The van der Waals surface area contributed by atoms with Crippen LogP contribution in [0.2, 0.25) is 0 Å². The Labute approximate surface area is 141 Å². The summed E-state index contributed by atoms with van der Waals surface area (Å²) in [6.45, 7) is 2.05. The van der Waals surface area contributed by atoms with Gasteiger partial charge in [-0.2, -0.15) is 12.6 Å². The number of thiol groups is 1. The number of nitrogens with one attached hydrogen (secondary N) is 1. The first-order chi connectivity index (χ1) is 11.1. The molecule has 0 spiro atoms. The Morgan fingerprint density at radius 1 is 1.22 bits per heavy atom. The molecule has 0 aromatic heterocycles. The van der Waals surface area contributed by atoms with Crippen molar-refractivity contribution in [3.05, 3.63) is 47.5 Å². The van der Waals surface area contributed by atoms with E-state index < -0.39 is 12.0 Å². The van der Waals surface area contributed by atoms with Gasteiger partial charge in [-0.1, -0.05) is 49.7 Å². The normalized spacial score (nSPS) is 12.1. The Bertz CT molecular complexity index is 714. The number of fused-ring (bicyclic) bond motifs is 1. The number of carbonyl (C=O) groups is 2. The summed E-state index contributed by atoms with van der Waals surface area (Å²) in [6, 6.07) is 10.7. The van der Waals surface area contributed by atoms with E-state index in [9.17, 15) is 14.7 Å². The molecule has 0 saturated carbocycles. The second-order valence-corrected chi connectivity index (χ2v) is 5.89. The fourth-order valence-corrected chi connectivity index (χ4v) is 2.94. The lowest BCUT2D eigenvalue weighted by atomic mass is 9.95. The Balaban J connectivity index is 2.44. The number of carbonyl (C=O) groups excluding carboxylic acids is 1. The van der Waals surface area contributed by atoms with Crippen LogP contribution in [0.5, 0.6) is 0 Å². The summed E-state index contributed by atoms with van der Waals surface area (Å²) >= 11 is 4.06. The molecule has 23 heavy (non-hydrogen) atoms. The van der Waals surface area contributed by atoms with Gasteiger partial charge in [-0.3, -0.25) is 4.79 Å². The zero-order valence-electron chi connectivity index (χ0n) is 13.1. The van der Waals surface area contributed by atoms with Crippen LogP contribution in [0.15, 0.2) is 36.4 Å². The SMILES string of the molecule is CCCc1ccc2ccccc2c1C(=O)N[C@@H](CCS)C(=O)O. The Morgan fingerprint density at radius 3 is 2.61 bits per heavy atom. The van der Waals surface area contributed by atoms with Gasteiger partial charge in [0.1, 0.15) is 6.04 Å². The van der Waals surface area contributed by atoms with E-state index in [-0.39, 0.29) is 12.3 Å². The number of carboxylic acid groups (broad SMARTS) is 1. The lowest BCUT2D eigenvalue weighted by molar-refractivity contribution is -0.139. The van der Waals surface area contributed by atoms with Crippen molar-refractivity contribution < 1.29 is 14.7 Å². The summed E-state index contributed by atoms with van der Waals surface area (Å²) in [5.74, 6) is -0.974. The second kappa shape index (κ2) is 8.02. The number of aryl methyl sites for hydroxylation is 1. The standard InChI is InChI=1S/C18H21NO3S/c1-2-5-13-9-8-12-6-3-4-7-14(12)16(13)17(20)19-15(10-11-23)18(21)22/h3-4,6-9,15,23H,2,5,10-11H2,1H3,(H,19,20)(H,21,22)/t15-/m0/s1. The monoisotopic (exact) mass is 331 g/mol. The molecule has 0 bridgehead atoms. The van der Waals surface area contributed by atoms with E-state index >= 15 is 0 Å². The smallest absolute Gasteiger partial charge is 0.326 e. The largest absolute Gasteiger partial charge is 0.480 e. The van der Waals surface area contributed by atoms with Crippen LogP contribution in [0.1, 0.15) is 35.7 Å². The van der Waals surface area contributed by atoms with E-state index in [0.717, 1.165) is 29.2 Å².